The predicted molar refractivity (Wildman–Crippen MR) is 84.0 cm³/mol. The monoisotopic (exact) mass is 319 g/mol. The van der Waals surface area contributed by atoms with Crippen LogP contribution in [0.25, 0.3) is 0 Å². The van der Waals surface area contributed by atoms with Crippen molar-refractivity contribution in [3.8, 4) is 0 Å². The normalized spacial score (nSPS) is 10.3. The van der Waals surface area contributed by atoms with E-state index in [1.807, 2.05) is 6.92 Å². The van der Waals surface area contributed by atoms with Crippen molar-refractivity contribution in [2.24, 2.45) is 0 Å². The molecular weight excluding hydrogens is 302 g/mol. The lowest BCUT2D eigenvalue weighted by Gasteiger charge is -2.17. The number of hydrogen-bond donors (Lipinski definition) is 2. The van der Waals surface area contributed by atoms with Gasteiger partial charge < -0.3 is 15.3 Å². The first-order valence-electron chi connectivity index (χ1n) is 6.68. The number of carboxylic acid groups (broad SMARTS) is 1. The fourth-order valence-electron chi connectivity index (χ4n) is 1.86. The van der Waals surface area contributed by atoms with Gasteiger partial charge in [-0.1, -0.05) is 12.1 Å². The molecule has 2 amide bonds. The summed E-state index contributed by atoms with van der Waals surface area (Å²) in [7, 11) is 1.72. The fourth-order valence-corrected chi connectivity index (χ4v) is 2.71. The number of carbonyl (C=O) groups excluding carboxylic acids is 1. The van der Waals surface area contributed by atoms with Crippen LogP contribution in [0.2, 0.25) is 0 Å². The van der Waals surface area contributed by atoms with E-state index in [0.717, 1.165) is 15.4 Å². The maximum absolute atomic E-state index is 12.0. The van der Waals surface area contributed by atoms with Crippen molar-refractivity contribution in [2.45, 2.75) is 20.0 Å². The molecule has 0 atom stereocenters. The van der Waals surface area contributed by atoms with Crippen molar-refractivity contribution >= 4 is 23.3 Å². The van der Waals surface area contributed by atoms with Gasteiger partial charge in [0.25, 0.3) is 0 Å². The molecule has 22 heavy (non-hydrogen) atoms. The van der Waals surface area contributed by atoms with Crippen LogP contribution in [0.1, 0.15) is 25.8 Å². The lowest BCUT2D eigenvalue weighted by atomic mass is 10.1. The van der Waals surface area contributed by atoms with E-state index >= 15 is 0 Å². The Balaban J connectivity index is 1.85. The minimum absolute atomic E-state index is 0.187. The van der Waals surface area contributed by atoms with Crippen LogP contribution < -0.4 is 5.32 Å². The number of nitrogens with zero attached hydrogens (tertiary/aromatic N) is 2. The van der Waals surface area contributed by atoms with Gasteiger partial charge in [-0.05, 0) is 24.6 Å². The minimum atomic E-state index is -0.963. The minimum Gasteiger partial charge on any atom is -0.478 e. The molecule has 7 heteroatoms. The number of amides is 2. The van der Waals surface area contributed by atoms with Gasteiger partial charge in [0.15, 0.2) is 0 Å². The van der Waals surface area contributed by atoms with Crippen LogP contribution in [0.5, 0.6) is 0 Å². The van der Waals surface area contributed by atoms with Gasteiger partial charge in [-0.2, -0.15) is 0 Å². The number of aromatic carboxylic acids is 1. The second-order valence-electron chi connectivity index (χ2n) is 4.86. The van der Waals surface area contributed by atoms with Gasteiger partial charge in [0, 0.05) is 24.7 Å². The molecule has 0 aliphatic rings. The van der Waals surface area contributed by atoms with Gasteiger partial charge in [0.2, 0.25) is 0 Å². The van der Waals surface area contributed by atoms with Crippen LogP contribution in [-0.4, -0.2) is 34.0 Å². The number of nitrogens with one attached hydrogen (secondary N) is 1. The van der Waals surface area contributed by atoms with Crippen LogP contribution in [0.15, 0.2) is 30.5 Å². The first kappa shape index (κ1) is 16.0. The number of carbonyl (C=O) groups is 2. The first-order chi connectivity index (χ1) is 10.5. The number of aromatic nitrogens is 1. The van der Waals surface area contributed by atoms with E-state index in [9.17, 15) is 9.59 Å². The third kappa shape index (κ3) is 4.29. The van der Waals surface area contributed by atoms with E-state index in [-0.39, 0.29) is 11.6 Å². The highest BCUT2D eigenvalue weighted by atomic mass is 32.1. The molecule has 2 N–H and O–H groups in total. The molecule has 0 radical (unpaired) electrons. The highest BCUT2D eigenvalue weighted by Gasteiger charge is 2.10. The maximum Gasteiger partial charge on any atom is 0.335 e. The zero-order chi connectivity index (χ0) is 16.1. The van der Waals surface area contributed by atoms with E-state index < -0.39 is 5.97 Å². The van der Waals surface area contributed by atoms with Crippen molar-refractivity contribution in [3.05, 3.63) is 51.5 Å². The summed E-state index contributed by atoms with van der Waals surface area (Å²) in [5, 5.41) is 12.6. The quantitative estimate of drug-likeness (QED) is 0.887. The lowest BCUT2D eigenvalue weighted by Crippen LogP contribution is -2.36. The van der Waals surface area contributed by atoms with Crippen LogP contribution in [0.4, 0.5) is 4.79 Å². The standard InChI is InChI=1S/C15H17N3O3S/c1-10-16-8-13(22-10)9-18(2)15(21)17-7-11-3-5-12(6-4-11)14(19)20/h3-6,8H,7,9H2,1-2H3,(H,17,21)(H,19,20). The molecule has 0 bridgehead atoms. The second-order valence-corrected chi connectivity index (χ2v) is 6.18. The topological polar surface area (TPSA) is 82.5 Å². The van der Waals surface area contributed by atoms with E-state index in [2.05, 4.69) is 10.3 Å². The number of thiazole rings is 1. The molecule has 2 rings (SSSR count). The molecule has 0 saturated heterocycles. The molecule has 0 aliphatic heterocycles. The number of hydrogen-bond acceptors (Lipinski definition) is 4. The second kappa shape index (κ2) is 7.04. The molecule has 0 saturated carbocycles. The Morgan fingerprint density at radius 1 is 1.32 bits per heavy atom. The number of benzene rings is 1. The Bertz CT molecular complexity index is 667. The third-order valence-electron chi connectivity index (χ3n) is 3.05. The van der Waals surface area contributed by atoms with Crippen molar-refractivity contribution in [3.63, 3.8) is 0 Å². The zero-order valence-corrected chi connectivity index (χ0v) is 13.2. The molecule has 6 nitrogen and oxygen atoms in total. The lowest BCUT2D eigenvalue weighted by molar-refractivity contribution is 0.0697. The molecule has 1 aromatic heterocycles. The SMILES string of the molecule is Cc1ncc(CN(C)C(=O)NCc2ccc(C(=O)O)cc2)s1. The average Bonchev–Trinajstić information content (AvgIpc) is 2.90. The van der Waals surface area contributed by atoms with Gasteiger partial charge in [0.1, 0.15) is 0 Å². The molecular formula is C15H17N3O3S. The first-order valence-corrected chi connectivity index (χ1v) is 7.50. The summed E-state index contributed by atoms with van der Waals surface area (Å²) in [5.74, 6) is -0.963. The Morgan fingerprint density at radius 3 is 2.55 bits per heavy atom. The van der Waals surface area contributed by atoms with Crippen LogP contribution in [0, 0.1) is 6.92 Å². The molecule has 0 fully saturated rings. The van der Waals surface area contributed by atoms with E-state index in [4.69, 9.17) is 5.11 Å². The number of urea groups is 1. The molecule has 1 heterocycles. The molecule has 0 spiro atoms. The van der Waals surface area contributed by atoms with Crippen LogP contribution >= 0.6 is 11.3 Å². The largest absolute Gasteiger partial charge is 0.478 e. The number of carboxylic acids is 1. The summed E-state index contributed by atoms with van der Waals surface area (Å²) < 4.78 is 0. The summed E-state index contributed by atoms with van der Waals surface area (Å²) >= 11 is 1.56. The Morgan fingerprint density at radius 2 is 2.00 bits per heavy atom. The average molecular weight is 319 g/mol. The highest BCUT2D eigenvalue weighted by Crippen LogP contribution is 2.13. The van der Waals surface area contributed by atoms with Crippen LogP contribution in [0.3, 0.4) is 0 Å². The molecule has 0 aliphatic carbocycles. The van der Waals surface area contributed by atoms with E-state index in [0.29, 0.717) is 13.1 Å². The van der Waals surface area contributed by atoms with Gasteiger partial charge in [-0.25, -0.2) is 14.6 Å². The third-order valence-corrected chi connectivity index (χ3v) is 3.95. The summed E-state index contributed by atoms with van der Waals surface area (Å²) in [6, 6.07) is 6.24. The molecule has 1 aromatic carbocycles. The summed E-state index contributed by atoms with van der Waals surface area (Å²) in [6.45, 7) is 2.79. The van der Waals surface area contributed by atoms with Gasteiger partial charge in [-0.15, -0.1) is 11.3 Å². The Labute approximate surface area is 132 Å². The van der Waals surface area contributed by atoms with E-state index in [1.54, 1.807) is 41.6 Å². The summed E-state index contributed by atoms with van der Waals surface area (Å²) in [4.78, 5) is 29.5. The summed E-state index contributed by atoms with van der Waals surface area (Å²) in [5.41, 5.74) is 1.08. The van der Waals surface area contributed by atoms with Gasteiger partial charge in [-0.3, -0.25) is 0 Å². The predicted octanol–water partition coefficient (Wildman–Crippen LogP) is 2.49. The Kier molecular flexibility index (Phi) is 5.11. The van der Waals surface area contributed by atoms with Crippen molar-refractivity contribution in [1.82, 2.24) is 15.2 Å². The van der Waals surface area contributed by atoms with Crippen molar-refractivity contribution < 1.29 is 14.7 Å². The zero-order valence-electron chi connectivity index (χ0n) is 12.4. The van der Waals surface area contributed by atoms with Gasteiger partial charge in [0.05, 0.1) is 17.1 Å². The molecule has 0 unspecified atom stereocenters. The Hall–Kier alpha value is -2.41. The molecule has 116 valence electrons. The summed E-state index contributed by atoms with van der Waals surface area (Å²) in [6.07, 6.45) is 1.77. The smallest absolute Gasteiger partial charge is 0.335 e. The fraction of sp³-hybridized carbons (Fsp3) is 0.267. The van der Waals surface area contributed by atoms with Gasteiger partial charge >= 0.3 is 12.0 Å². The maximum atomic E-state index is 12.0. The molecule has 2 aromatic rings. The van der Waals surface area contributed by atoms with Crippen molar-refractivity contribution in [2.75, 3.05) is 7.05 Å². The number of aryl methyl sites for hydroxylation is 1. The van der Waals surface area contributed by atoms with E-state index in [1.165, 1.54) is 12.1 Å². The highest BCUT2D eigenvalue weighted by molar-refractivity contribution is 7.11. The van der Waals surface area contributed by atoms with Crippen molar-refractivity contribution in [1.29, 1.82) is 0 Å². The van der Waals surface area contributed by atoms with Crippen LogP contribution in [-0.2, 0) is 13.1 Å². The number of rotatable bonds is 5.